The van der Waals surface area contributed by atoms with Gasteiger partial charge in [-0.25, -0.2) is 4.79 Å². The summed E-state index contributed by atoms with van der Waals surface area (Å²) in [6.45, 7) is 0. The van der Waals surface area contributed by atoms with Crippen LogP contribution >= 0.6 is 0 Å². The van der Waals surface area contributed by atoms with Crippen LogP contribution in [0.15, 0.2) is 12.1 Å². The molecule has 0 heterocycles. The van der Waals surface area contributed by atoms with E-state index < -0.39 is 11.8 Å². The molecule has 1 aromatic carbocycles. The average Bonchev–Trinajstić information content (AvgIpc) is 2.75. The molecule has 0 bridgehead atoms. The molecule has 4 heteroatoms. The molecule has 0 aliphatic heterocycles. The summed E-state index contributed by atoms with van der Waals surface area (Å²) in [4.78, 5) is 22.1. The summed E-state index contributed by atoms with van der Waals surface area (Å²) < 4.78 is 5.19. The summed E-state index contributed by atoms with van der Waals surface area (Å²) in [5, 5.41) is 8.71. The first kappa shape index (κ1) is 10.7. The molecular weight excluding hydrogens is 208 g/mol. The SMILES string of the molecule is COc1ccc(C(=O)C(=O)O)c2c1CCC2. The Morgan fingerprint density at radius 3 is 2.56 bits per heavy atom. The van der Waals surface area contributed by atoms with Crippen molar-refractivity contribution in [3.8, 4) is 5.75 Å². The summed E-state index contributed by atoms with van der Waals surface area (Å²) in [6, 6.07) is 3.21. The smallest absolute Gasteiger partial charge is 0.377 e. The van der Waals surface area contributed by atoms with E-state index in [0.29, 0.717) is 5.56 Å². The topological polar surface area (TPSA) is 63.6 Å². The van der Waals surface area contributed by atoms with Crippen molar-refractivity contribution in [2.24, 2.45) is 0 Å². The Hall–Kier alpha value is -1.84. The highest BCUT2D eigenvalue weighted by Gasteiger charge is 2.25. The zero-order valence-corrected chi connectivity index (χ0v) is 8.95. The largest absolute Gasteiger partial charge is 0.496 e. The number of methoxy groups -OCH3 is 1. The van der Waals surface area contributed by atoms with E-state index in [1.807, 2.05) is 0 Å². The maximum Gasteiger partial charge on any atom is 0.377 e. The van der Waals surface area contributed by atoms with E-state index in [-0.39, 0.29) is 0 Å². The molecule has 0 fully saturated rings. The van der Waals surface area contributed by atoms with Crippen molar-refractivity contribution in [2.45, 2.75) is 19.3 Å². The standard InChI is InChI=1S/C12H12O4/c1-16-10-6-5-9(11(13)12(14)15)7-3-2-4-8(7)10/h5-6H,2-4H2,1H3,(H,14,15). The fourth-order valence-corrected chi connectivity index (χ4v) is 2.19. The molecule has 16 heavy (non-hydrogen) atoms. The number of fused-ring (bicyclic) bond motifs is 1. The molecule has 0 unspecified atom stereocenters. The summed E-state index contributed by atoms with van der Waals surface area (Å²) in [5.41, 5.74) is 2.13. The van der Waals surface area contributed by atoms with E-state index in [4.69, 9.17) is 9.84 Å². The Bertz CT molecular complexity index is 462. The van der Waals surface area contributed by atoms with E-state index in [1.54, 1.807) is 19.2 Å². The number of rotatable bonds is 3. The summed E-state index contributed by atoms with van der Waals surface area (Å²) >= 11 is 0. The highest BCUT2D eigenvalue weighted by molar-refractivity contribution is 6.40. The number of ketones is 1. The quantitative estimate of drug-likeness (QED) is 0.618. The second-order valence-electron chi connectivity index (χ2n) is 3.76. The fourth-order valence-electron chi connectivity index (χ4n) is 2.19. The first-order chi connectivity index (χ1) is 7.65. The molecule has 1 aromatic rings. The van der Waals surface area contributed by atoms with Crippen molar-refractivity contribution in [3.63, 3.8) is 0 Å². The highest BCUT2D eigenvalue weighted by atomic mass is 16.5. The number of aliphatic carboxylic acids is 1. The second kappa shape index (κ2) is 3.96. The molecule has 84 valence electrons. The van der Waals surface area contributed by atoms with Crippen molar-refractivity contribution in [1.82, 2.24) is 0 Å². The maximum atomic E-state index is 11.5. The lowest BCUT2D eigenvalue weighted by atomic mass is 9.99. The number of ether oxygens (including phenoxy) is 1. The van der Waals surface area contributed by atoms with E-state index in [0.717, 1.165) is 36.1 Å². The third-order valence-corrected chi connectivity index (χ3v) is 2.90. The Labute approximate surface area is 92.8 Å². The zero-order chi connectivity index (χ0) is 11.7. The molecule has 1 N–H and O–H groups in total. The van der Waals surface area contributed by atoms with Crippen LogP contribution in [0.1, 0.15) is 27.9 Å². The second-order valence-corrected chi connectivity index (χ2v) is 3.76. The molecule has 0 spiro atoms. The number of carbonyl (C=O) groups is 2. The van der Waals surface area contributed by atoms with Crippen LogP contribution in [0, 0.1) is 0 Å². The van der Waals surface area contributed by atoms with Crippen molar-refractivity contribution in [1.29, 1.82) is 0 Å². The normalized spacial score (nSPS) is 13.3. The molecule has 0 saturated carbocycles. The van der Waals surface area contributed by atoms with Crippen LogP contribution < -0.4 is 4.74 Å². The van der Waals surface area contributed by atoms with E-state index >= 15 is 0 Å². The average molecular weight is 220 g/mol. The number of carboxylic acid groups (broad SMARTS) is 1. The number of carbonyl (C=O) groups excluding carboxylic acids is 1. The number of hydrogen-bond donors (Lipinski definition) is 1. The molecule has 1 aliphatic carbocycles. The monoisotopic (exact) mass is 220 g/mol. The molecule has 0 saturated heterocycles. The highest BCUT2D eigenvalue weighted by Crippen LogP contribution is 2.33. The van der Waals surface area contributed by atoms with Crippen molar-refractivity contribution < 1.29 is 19.4 Å². The lowest BCUT2D eigenvalue weighted by molar-refractivity contribution is -0.131. The lowest BCUT2D eigenvalue weighted by Gasteiger charge is -2.09. The molecule has 0 amide bonds. The van der Waals surface area contributed by atoms with Gasteiger partial charge in [0.25, 0.3) is 5.78 Å². The Balaban J connectivity index is 2.54. The van der Waals surface area contributed by atoms with Crippen LogP contribution in [0.5, 0.6) is 5.75 Å². The Morgan fingerprint density at radius 2 is 1.94 bits per heavy atom. The van der Waals surface area contributed by atoms with E-state index in [9.17, 15) is 9.59 Å². The maximum absolute atomic E-state index is 11.5. The van der Waals surface area contributed by atoms with Crippen LogP contribution in [0.3, 0.4) is 0 Å². The third kappa shape index (κ3) is 1.56. The molecule has 1 aliphatic rings. The fraction of sp³-hybridized carbons (Fsp3) is 0.333. The number of hydrogen-bond acceptors (Lipinski definition) is 3. The van der Waals surface area contributed by atoms with Gasteiger partial charge in [-0.15, -0.1) is 0 Å². The third-order valence-electron chi connectivity index (χ3n) is 2.90. The Morgan fingerprint density at radius 1 is 1.25 bits per heavy atom. The van der Waals surface area contributed by atoms with Crippen molar-refractivity contribution in [2.75, 3.05) is 7.11 Å². The lowest BCUT2D eigenvalue weighted by Crippen LogP contribution is -2.15. The van der Waals surface area contributed by atoms with Crippen LogP contribution in [0.2, 0.25) is 0 Å². The minimum atomic E-state index is -1.40. The molecular formula is C12H12O4. The summed E-state index contributed by atoms with van der Waals surface area (Å²) in [6.07, 6.45) is 2.54. The summed E-state index contributed by atoms with van der Waals surface area (Å²) in [5.74, 6) is -1.49. The van der Waals surface area contributed by atoms with Gasteiger partial charge in [0.05, 0.1) is 7.11 Å². The molecule has 0 atom stereocenters. The Kier molecular flexibility index (Phi) is 2.64. The van der Waals surface area contributed by atoms with E-state index in [2.05, 4.69) is 0 Å². The van der Waals surface area contributed by atoms with Crippen LogP contribution in [0.4, 0.5) is 0 Å². The molecule has 0 radical (unpaired) electrons. The minimum Gasteiger partial charge on any atom is -0.496 e. The van der Waals surface area contributed by atoms with Gasteiger partial charge >= 0.3 is 5.97 Å². The summed E-state index contributed by atoms with van der Waals surface area (Å²) in [7, 11) is 1.58. The van der Waals surface area contributed by atoms with Crippen LogP contribution in [0.25, 0.3) is 0 Å². The first-order valence-electron chi connectivity index (χ1n) is 5.11. The van der Waals surface area contributed by atoms with Crippen LogP contribution in [-0.4, -0.2) is 24.0 Å². The van der Waals surface area contributed by atoms with Gasteiger partial charge in [-0.2, -0.15) is 0 Å². The van der Waals surface area contributed by atoms with Crippen molar-refractivity contribution >= 4 is 11.8 Å². The van der Waals surface area contributed by atoms with Gasteiger partial charge in [0, 0.05) is 5.56 Å². The van der Waals surface area contributed by atoms with Crippen LogP contribution in [-0.2, 0) is 17.6 Å². The predicted octanol–water partition coefficient (Wildman–Crippen LogP) is 1.45. The molecule has 4 nitrogen and oxygen atoms in total. The minimum absolute atomic E-state index is 0.306. The number of benzene rings is 1. The van der Waals surface area contributed by atoms with Gasteiger partial charge in [0.15, 0.2) is 0 Å². The molecule has 2 rings (SSSR count). The zero-order valence-electron chi connectivity index (χ0n) is 8.95. The van der Waals surface area contributed by atoms with Gasteiger partial charge in [0.2, 0.25) is 0 Å². The predicted molar refractivity (Wildman–Crippen MR) is 57.0 cm³/mol. The van der Waals surface area contributed by atoms with Crippen molar-refractivity contribution in [3.05, 3.63) is 28.8 Å². The van der Waals surface area contributed by atoms with Gasteiger partial charge in [-0.1, -0.05) is 0 Å². The number of Topliss-reactive ketones (excluding diaryl/α,β-unsaturated/α-hetero) is 1. The van der Waals surface area contributed by atoms with Gasteiger partial charge < -0.3 is 9.84 Å². The molecule has 0 aromatic heterocycles. The van der Waals surface area contributed by atoms with Gasteiger partial charge in [-0.05, 0) is 42.5 Å². The van der Waals surface area contributed by atoms with Gasteiger partial charge in [-0.3, -0.25) is 4.79 Å². The number of carboxylic acids is 1. The first-order valence-corrected chi connectivity index (χ1v) is 5.11. The van der Waals surface area contributed by atoms with E-state index in [1.165, 1.54) is 0 Å². The van der Waals surface area contributed by atoms with Gasteiger partial charge in [0.1, 0.15) is 5.75 Å².